The van der Waals surface area contributed by atoms with E-state index in [1.54, 1.807) is 12.4 Å². The predicted molar refractivity (Wildman–Crippen MR) is 40.9 cm³/mol. The lowest BCUT2D eigenvalue weighted by Gasteiger charge is -1.89. The molecule has 4 nitrogen and oxygen atoms in total. The highest BCUT2D eigenvalue weighted by Crippen LogP contribution is 2.21. The smallest absolute Gasteiger partial charge is 0.116 e. The summed E-state index contributed by atoms with van der Waals surface area (Å²) < 4.78 is 0. The van der Waals surface area contributed by atoms with Gasteiger partial charge in [-0.25, -0.2) is 10.5 Å². The van der Waals surface area contributed by atoms with Crippen LogP contribution in [0.1, 0.15) is 0 Å². The van der Waals surface area contributed by atoms with Gasteiger partial charge in [0.25, 0.3) is 0 Å². The van der Waals surface area contributed by atoms with Gasteiger partial charge in [0.15, 0.2) is 0 Å². The largest absolute Gasteiger partial charge is 0.345 e. The second kappa shape index (κ2) is 2.16. The van der Waals surface area contributed by atoms with Crippen LogP contribution in [-0.4, -0.2) is 9.97 Å². The molecule has 0 atom stereocenters. The van der Waals surface area contributed by atoms with Gasteiger partial charge >= 0.3 is 0 Å². The Bertz CT molecular complexity index is 390. The summed E-state index contributed by atoms with van der Waals surface area (Å²) in [6.45, 7) is 0. The average Bonchev–Trinajstić information content (AvgIpc) is 2.50. The summed E-state index contributed by atoms with van der Waals surface area (Å²) >= 11 is 0. The Morgan fingerprint density at radius 3 is 3.18 bits per heavy atom. The van der Waals surface area contributed by atoms with Crippen LogP contribution >= 0.6 is 0 Å². The lowest BCUT2D eigenvalue weighted by molar-refractivity contribution is 1.15. The van der Waals surface area contributed by atoms with E-state index in [4.69, 9.17) is 5.53 Å². The molecule has 0 aliphatic heterocycles. The number of hydrogen-bond acceptors (Lipinski definition) is 3. The number of imidazole rings is 1. The van der Waals surface area contributed by atoms with Crippen molar-refractivity contribution >= 4 is 16.7 Å². The summed E-state index contributed by atoms with van der Waals surface area (Å²) in [6, 6.07) is 5.50. The van der Waals surface area contributed by atoms with Crippen molar-refractivity contribution in [2.45, 2.75) is 0 Å². The Morgan fingerprint density at radius 2 is 2.36 bits per heavy atom. The predicted octanol–water partition coefficient (Wildman–Crippen LogP) is 2.23. The molecule has 1 aromatic heterocycles. The zero-order valence-electron chi connectivity index (χ0n) is 5.70. The molecule has 2 aromatic rings. The second-order valence-corrected chi connectivity index (χ2v) is 2.19. The Labute approximate surface area is 62.8 Å². The molecule has 0 saturated carbocycles. The number of aromatic nitrogens is 2. The van der Waals surface area contributed by atoms with Crippen LogP contribution in [-0.2, 0) is 0 Å². The molecule has 2 N–H and O–H groups in total. The van der Waals surface area contributed by atoms with E-state index in [-0.39, 0.29) is 0 Å². The van der Waals surface area contributed by atoms with Gasteiger partial charge < -0.3 is 4.98 Å². The van der Waals surface area contributed by atoms with Crippen molar-refractivity contribution in [2.75, 3.05) is 0 Å². The highest BCUT2D eigenvalue weighted by molar-refractivity contribution is 5.85. The van der Waals surface area contributed by atoms with Crippen molar-refractivity contribution in [3.63, 3.8) is 0 Å². The number of hydrogen-bond donors (Lipinski definition) is 2. The van der Waals surface area contributed by atoms with Crippen molar-refractivity contribution < 1.29 is 0 Å². The van der Waals surface area contributed by atoms with Crippen molar-refractivity contribution in [3.05, 3.63) is 24.5 Å². The molecular formula is C7H6N4. The molecule has 0 radical (unpaired) electrons. The first-order valence-corrected chi connectivity index (χ1v) is 3.21. The SMILES string of the molecule is N=Nc1cccc2[nH]cnc12. The monoisotopic (exact) mass is 146 g/mol. The topological polar surface area (TPSA) is 64.9 Å². The molecule has 0 aliphatic carbocycles. The fourth-order valence-electron chi connectivity index (χ4n) is 1.04. The molecule has 54 valence electrons. The van der Waals surface area contributed by atoms with Crippen molar-refractivity contribution in [1.82, 2.24) is 9.97 Å². The summed E-state index contributed by atoms with van der Waals surface area (Å²) in [5.74, 6) is 0. The quantitative estimate of drug-likeness (QED) is 0.595. The van der Waals surface area contributed by atoms with Gasteiger partial charge in [-0.15, -0.1) is 0 Å². The van der Waals surface area contributed by atoms with Gasteiger partial charge in [-0.2, -0.15) is 5.11 Å². The van der Waals surface area contributed by atoms with E-state index < -0.39 is 0 Å². The van der Waals surface area contributed by atoms with Crippen molar-refractivity contribution in [3.8, 4) is 0 Å². The van der Waals surface area contributed by atoms with Crippen LogP contribution in [0.15, 0.2) is 29.6 Å². The van der Waals surface area contributed by atoms with Gasteiger partial charge in [0.2, 0.25) is 0 Å². The first-order valence-electron chi connectivity index (χ1n) is 3.21. The number of fused-ring (bicyclic) bond motifs is 1. The minimum Gasteiger partial charge on any atom is -0.345 e. The summed E-state index contributed by atoms with van der Waals surface area (Å²) in [6.07, 6.45) is 1.60. The third-order valence-corrected chi connectivity index (χ3v) is 1.55. The van der Waals surface area contributed by atoms with Gasteiger partial charge in [0, 0.05) is 0 Å². The number of nitrogens with zero attached hydrogens (tertiary/aromatic N) is 2. The minimum absolute atomic E-state index is 0.601. The first-order chi connectivity index (χ1) is 5.42. The first kappa shape index (κ1) is 6.03. The molecule has 2 rings (SSSR count). The molecule has 4 heteroatoms. The second-order valence-electron chi connectivity index (χ2n) is 2.19. The van der Waals surface area contributed by atoms with E-state index in [2.05, 4.69) is 15.1 Å². The lowest BCUT2D eigenvalue weighted by atomic mass is 10.3. The minimum atomic E-state index is 0.601. The molecule has 0 amide bonds. The summed E-state index contributed by atoms with van der Waals surface area (Å²) in [4.78, 5) is 6.96. The zero-order chi connectivity index (χ0) is 7.68. The van der Waals surface area contributed by atoms with Crippen LogP contribution in [0.4, 0.5) is 5.69 Å². The van der Waals surface area contributed by atoms with Crippen molar-refractivity contribution in [1.29, 1.82) is 5.53 Å². The highest BCUT2D eigenvalue weighted by Gasteiger charge is 1.99. The van der Waals surface area contributed by atoms with Gasteiger partial charge in [0.1, 0.15) is 11.2 Å². The molecule has 11 heavy (non-hydrogen) atoms. The maximum Gasteiger partial charge on any atom is 0.116 e. The molecule has 0 unspecified atom stereocenters. The fraction of sp³-hybridized carbons (Fsp3) is 0. The Morgan fingerprint density at radius 1 is 1.45 bits per heavy atom. The van der Waals surface area contributed by atoms with Gasteiger partial charge in [0.05, 0.1) is 11.8 Å². The van der Waals surface area contributed by atoms with Crippen LogP contribution in [0.2, 0.25) is 0 Å². The Kier molecular flexibility index (Phi) is 1.18. The number of H-pyrrole nitrogens is 1. The third kappa shape index (κ3) is 0.797. The van der Waals surface area contributed by atoms with Crippen LogP contribution in [0.25, 0.3) is 11.0 Å². The third-order valence-electron chi connectivity index (χ3n) is 1.55. The highest BCUT2D eigenvalue weighted by atomic mass is 15.0. The molecular weight excluding hydrogens is 140 g/mol. The molecule has 0 bridgehead atoms. The van der Waals surface area contributed by atoms with E-state index in [1.165, 1.54) is 0 Å². The van der Waals surface area contributed by atoms with Crippen LogP contribution in [0.5, 0.6) is 0 Å². The average molecular weight is 146 g/mol. The molecule has 0 spiro atoms. The lowest BCUT2D eigenvalue weighted by Crippen LogP contribution is -1.68. The summed E-state index contributed by atoms with van der Waals surface area (Å²) in [7, 11) is 0. The van der Waals surface area contributed by atoms with E-state index in [1.807, 2.05) is 12.1 Å². The standard InChI is InChI=1S/C7H6N4/c8-11-6-3-1-2-5-7(6)10-4-9-5/h1-4,8H,(H,9,10). The maximum absolute atomic E-state index is 6.84. The zero-order valence-corrected chi connectivity index (χ0v) is 5.70. The van der Waals surface area contributed by atoms with E-state index in [0.29, 0.717) is 5.69 Å². The molecule has 1 aromatic carbocycles. The molecule has 0 saturated heterocycles. The maximum atomic E-state index is 6.84. The molecule has 1 heterocycles. The van der Waals surface area contributed by atoms with Crippen molar-refractivity contribution in [2.24, 2.45) is 5.11 Å². The number of para-hydroxylation sites is 1. The normalized spacial score (nSPS) is 10.2. The van der Waals surface area contributed by atoms with Gasteiger partial charge in [-0.05, 0) is 12.1 Å². The summed E-state index contributed by atoms with van der Waals surface area (Å²) in [5.41, 5.74) is 9.10. The van der Waals surface area contributed by atoms with Gasteiger partial charge in [-0.1, -0.05) is 6.07 Å². The van der Waals surface area contributed by atoms with Crippen LogP contribution in [0.3, 0.4) is 0 Å². The number of aromatic amines is 1. The Balaban J connectivity index is 2.88. The van der Waals surface area contributed by atoms with Crippen LogP contribution < -0.4 is 0 Å². The van der Waals surface area contributed by atoms with Gasteiger partial charge in [-0.3, -0.25) is 0 Å². The Hall–Kier alpha value is -1.71. The van der Waals surface area contributed by atoms with E-state index in [9.17, 15) is 0 Å². The van der Waals surface area contributed by atoms with E-state index in [0.717, 1.165) is 11.0 Å². The number of nitrogens with one attached hydrogen (secondary N) is 2. The number of rotatable bonds is 1. The fourth-order valence-corrected chi connectivity index (χ4v) is 1.04. The molecule has 0 fully saturated rings. The van der Waals surface area contributed by atoms with Crippen LogP contribution in [0, 0.1) is 5.53 Å². The van der Waals surface area contributed by atoms with E-state index >= 15 is 0 Å². The number of benzene rings is 1. The molecule has 0 aliphatic rings. The summed E-state index contributed by atoms with van der Waals surface area (Å²) in [5, 5.41) is 3.34.